The second-order valence-corrected chi connectivity index (χ2v) is 5.95. The summed E-state index contributed by atoms with van der Waals surface area (Å²) in [7, 11) is 0. The van der Waals surface area contributed by atoms with Crippen LogP contribution in [0.15, 0.2) is 42.5 Å². The summed E-state index contributed by atoms with van der Waals surface area (Å²) >= 11 is 0. The van der Waals surface area contributed by atoms with Crippen molar-refractivity contribution in [2.24, 2.45) is 0 Å². The lowest BCUT2D eigenvalue weighted by Gasteiger charge is -2.09. The van der Waals surface area contributed by atoms with Crippen LogP contribution >= 0.6 is 0 Å². The molecule has 2 N–H and O–H groups in total. The fraction of sp³-hybridized carbons (Fsp3) is 0.263. The SMILES string of the molecule is Cc1ccccc1C(=O)NNC(=O)Cc1ccc2c(c1)CCC2. The normalized spacial score (nSPS) is 12.6. The number of rotatable bonds is 3. The van der Waals surface area contributed by atoms with Gasteiger partial charge in [-0.25, -0.2) is 0 Å². The van der Waals surface area contributed by atoms with Crippen molar-refractivity contribution in [3.8, 4) is 0 Å². The molecule has 1 aliphatic rings. The zero-order valence-electron chi connectivity index (χ0n) is 13.2. The second kappa shape index (κ2) is 6.65. The highest BCUT2D eigenvalue weighted by Crippen LogP contribution is 2.22. The third kappa shape index (κ3) is 3.59. The Hall–Kier alpha value is -2.62. The Kier molecular flexibility index (Phi) is 4.42. The standard InChI is InChI=1S/C19H20N2O2/c1-13-5-2-3-8-17(13)19(23)21-20-18(22)12-14-9-10-15-6-4-7-16(15)11-14/h2-3,5,8-11H,4,6-7,12H2,1H3,(H,20,22)(H,21,23). The molecule has 0 saturated heterocycles. The largest absolute Gasteiger partial charge is 0.273 e. The number of fused-ring (bicyclic) bond motifs is 1. The first-order valence-electron chi connectivity index (χ1n) is 7.89. The number of carbonyl (C=O) groups is 2. The minimum Gasteiger partial charge on any atom is -0.273 e. The Morgan fingerprint density at radius 1 is 1.00 bits per heavy atom. The summed E-state index contributed by atoms with van der Waals surface area (Å²) in [6.45, 7) is 1.86. The second-order valence-electron chi connectivity index (χ2n) is 5.95. The fourth-order valence-electron chi connectivity index (χ4n) is 2.99. The van der Waals surface area contributed by atoms with Gasteiger partial charge in [0.1, 0.15) is 0 Å². The van der Waals surface area contributed by atoms with Crippen LogP contribution in [0.25, 0.3) is 0 Å². The first-order chi connectivity index (χ1) is 11.1. The molecule has 3 rings (SSSR count). The van der Waals surface area contributed by atoms with E-state index in [-0.39, 0.29) is 18.2 Å². The van der Waals surface area contributed by atoms with Crippen molar-refractivity contribution in [1.29, 1.82) is 0 Å². The van der Waals surface area contributed by atoms with Gasteiger partial charge in [0, 0.05) is 5.56 Å². The molecule has 2 aromatic carbocycles. The number of carbonyl (C=O) groups excluding carboxylic acids is 2. The van der Waals surface area contributed by atoms with Crippen molar-refractivity contribution in [3.63, 3.8) is 0 Å². The van der Waals surface area contributed by atoms with Crippen LogP contribution in [0.4, 0.5) is 0 Å². The molecule has 0 aromatic heterocycles. The summed E-state index contributed by atoms with van der Waals surface area (Å²) in [5, 5.41) is 0. The predicted octanol–water partition coefficient (Wildman–Crippen LogP) is 2.49. The first-order valence-corrected chi connectivity index (χ1v) is 7.89. The summed E-state index contributed by atoms with van der Waals surface area (Å²) in [5.74, 6) is -0.518. The van der Waals surface area contributed by atoms with Crippen LogP contribution in [0.3, 0.4) is 0 Å². The van der Waals surface area contributed by atoms with Gasteiger partial charge >= 0.3 is 0 Å². The van der Waals surface area contributed by atoms with Gasteiger partial charge in [-0.3, -0.25) is 20.4 Å². The maximum Gasteiger partial charge on any atom is 0.269 e. The van der Waals surface area contributed by atoms with Gasteiger partial charge in [-0.2, -0.15) is 0 Å². The molecule has 0 unspecified atom stereocenters. The summed E-state index contributed by atoms with van der Waals surface area (Å²) in [4.78, 5) is 24.1. The van der Waals surface area contributed by atoms with Gasteiger partial charge < -0.3 is 0 Å². The highest BCUT2D eigenvalue weighted by atomic mass is 16.2. The van der Waals surface area contributed by atoms with Crippen molar-refractivity contribution < 1.29 is 9.59 Å². The molecule has 0 fully saturated rings. The van der Waals surface area contributed by atoms with Gasteiger partial charge in [-0.15, -0.1) is 0 Å². The third-order valence-corrected chi connectivity index (χ3v) is 4.23. The van der Waals surface area contributed by atoms with Crippen LogP contribution in [0, 0.1) is 6.92 Å². The highest BCUT2D eigenvalue weighted by molar-refractivity contribution is 5.96. The van der Waals surface area contributed by atoms with E-state index in [0.717, 1.165) is 24.0 Å². The van der Waals surface area contributed by atoms with E-state index in [9.17, 15) is 9.59 Å². The Morgan fingerprint density at radius 3 is 2.61 bits per heavy atom. The van der Waals surface area contributed by atoms with Gasteiger partial charge in [-0.05, 0) is 54.5 Å². The van der Waals surface area contributed by atoms with Crippen LogP contribution in [-0.4, -0.2) is 11.8 Å². The number of aryl methyl sites for hydroxylation is 3. The van der Waals surface area contributed by atoms with Crippen molar-refractivity contribution in [2.75, 3.05) is 0 Å². The number of hydrogen-bond donors (Lipinski definition) is 2. The molecule has 0 heterocycles. The molecule has 0 bridgehead atoms. The van der Waals surface area contributed by atoms with Gasteiger partial charge in [0.2, 0.25) is 5.91 Å². The minimum atomic E-state index is -0.301. The molecule has 0 aliphatic heterocycles. The van der Waals surface area contributed by atoms with Crippen molar-refractivity contribution in [2.45, 2.75) is 32.6 Å². The minimum absolute atomic E-state index is 0.218. The zero-order chi connectivity index (χ0) is 16.2. The average Bonchev–Trinajstić information content (AvgIpc) is 3.01. The van der Waals surface area contributed by atoms with Crippen LogP contribution in [0.1, 0.15) is 39.0 Å². The monoisotopic (exact) mass is 308 g/mol. The van der Waals surface area contributed by atoms with E-state index in [2.05, 4.69) is 23.0 Å². The van der Waals surface area contributed by atoms with Gasteiger partial charge in [0.05, 0.1) is 6.42 Å². The number of hydrogen-bond acceptors (Lipinski definition) is 2. The fourth-order valence-corrected chi connectivity index (χ4v) is 2.99. The summed E-state index contributed by atoms with van der Waals surface area (Å²) in [6, 6.07) is 13.5. The maximum atomic E-state index is 12.0. The van der Waals surface area contributed by atoms with Crippen LogP contribution in [0.5, 0.6) is 0 Å². The lowest BCUT2D eigenvalue weighted by atomic mass is 10.0. The Bertz CT molecular complexity index is 753. The lowest BCUT2D eigenvalue weighted by Crippen LogP contribution is -2.42. The number of amides is 2. The smallest absolute Gasteiger partial charge is 0.269 e. The van der Waals surface area contributed by atoms with Crippen LogP contribution in [-0.2, 0) is 24.1 Å². The maximum absolute atomic E-state index is 12.0. The zero-order valence-corrected chi connectivity index (χ0v) is 13.2. The molecule has 23 heavy (non-hydrogen) atoms. The van der Waals surface area contributed by atoms with E-state index in [1.165, 1.54) is 17.5 Å². The van der Waals surface area contributed by atoms with E-state index in [1.54, 1.807) is 12.1 Å². The lowest BCUT2D eigenvalue weighted by molar-refractivity contribution is -0.121. The number of hydrazine groups is 1. The van der Waals surface area contributed by atoms with Crippen molar-refractivity contribution >= 4 is 11.8 Å². The Balaban J connectivity index is 1.56. The topological polar surface area (TPSA) is 58.2 Å². The molecule has 0 radical (unpaired) electrons. The molecule has 2 aromatic rings. The van der Waals surface area contributed by atoms with Crippen molar-refractivity contribution in [1.82, 2.24) is 10.9 Å². The van der Waals surface area contributed by atoms with E-state index in [4.69, 9.17) is 0 Å². The molecule has 0 spiro atoms. The van der Waals surface area contributed by atoms with Crippen molar-refractivity contribution in [3.05, 3.63) is 70.3 Å². The van der Waals surface area contributed by atoms with E-state index in [0.29, 0.717) is 5.56 Å². The van der Waals surface area contributed by atoms with Crippen LogP contribution in [0.2, 0.25) is 0 Å². The molecule has 4 heteroatoms. The van der Waals surface area contributed by atoms with Gasteiger partial charge in [0.25, 0.3) is 5.91 Å². The highest BCUT2D eigenvalue weighted by Gasteiger charge is 2.13. The Morgan fingerprint density at radius 2 is 1.78 bits per heavy atom. The molecular weight excluding hydrogens is 288 g/mol. The number of nitrogens with one attached hydrogen (secondary N) is 2. The molecule has 0 atom stereocenters. The summed E-state index contributed by atoms with van der Waals surface area (Å²) in [5.41, 5.74) is 10.1. The van der Waals surface area contributed by atoms with E-state index in [1.807, 2.05) is 25.1 Å². The number of benzene rings is 2. The molecule has 1 aliphatic carbocycles. The third-order valence-electron chi connectivity index (χ3n) is 4.23. The van der Waals surface area contributed by atoms with Gasteiger partial charge in [0.15, 0.2) is 0 Å². The van der Waals surface area contributed by atoms with E-state index < -0.39 is 0 Å². The predicted molar refractivity (Wildman–Crippen MR) is 89.0 cm³/mol. The summed E-state index contributed by atoms with van der Waals surface area (Å²) < 4.78 is 0. The Labute approximate surface area is 135 Å². The van der Waals surface area contributed by atoms with E-state index >= 15 is 0 Å². The molecule has 2 amide bonds. The van der Waals surface area contributed by atoms with Gasteiger partial charge in [-0.1, -0.05) is 36.4 Å². The molecule has 4 nitrogen and oxygen atoms in total. The quantitative estimate of drug-likeness (QED) is 0.856. The molecule has 0 saturated carbocycles. The molecule has 118 valence electrons. The first kappa shape index (κ1) is 15.3. The average molecular weight is 308 g/mol. The molecular formula is C19H20N2O2. The van der Waals surface area contributed by atoms with Crippen LogP contribution < -0.4 is 10.9 Å². The summed E-state index contributed by atoms with van der Waals surface area (Å²) in [6.07, 6.45) is 3.68.